The second-order valence-electron chi connectivity index (χ2n) is 4.27. The lowest BCUT2D eigenvalue weighted by atomic mass is 10.1. The number of rotatable bonds is 3. The number of fused-ring (bicyclic) bond motifs is 1. The molecule has 1 nitrogen and oxygen atoms in total. The van der Waals surface area contributed by atoms with E-state index in [0.717, 1.165) is 11.9 Å². The molecule has 0 N–H and O–H groups in total. The molecular formula is C15H11BrINS. The van der Waals surface area contributed by atoms with Crippen LogP contribution in [0.3, 0.4) is 0 Å². The fraction of sp³-hybridized carbons (Fsp3) is 0.133. The van der Waals surface area contributed by atoms with Crippen LogP contribution in [0.15, 0.2) is 48.5 Å². The van der Waals surface area contributed by atoms with Crippen molar-refractivity contribution in [2.75, 3.05) is 0 Å². The van der Waals surface area contributed by atoms with Crippen molar-refractivity contribution in [2.24, 2.45) is 0 Å². The van der Waals surface area contributed by atoms with Gasteiger partial charge in [-0.25, -0.2) is 4.98 Å². The first-order valence-corrected chi connectivity index (χ1v) is 8.78. The van der Waals surface area contributed by atoms with Crippen LogP contribution in [0.1, 0.15) is 15.4 Å². The highest BCUT2D eigenvalue weighted by molar-refractivity contribution is 14.1. The zero-order valence-corrected chi connectivity index (χ0v) is 14.6. The Morgan fingerprint density at radius 1 is 1.11 bits per heavy atom. The molecule has 3 rings (SSSR count). The smallest absolute Gasteiger partial charge is 0.0953 e. The first-order chi connectivity index (χ1) is 9.24. The Bertz CT molecular complexity index is 677. The van der Waals surface area contributed by atoms with Crippen LogP contribution in [-0.2, 0) is 6.42 Å². The summed E-state index contributed by atoms with van der Waals surface area (Å²) in [6.45, 7) is 0. The van der Waals surface area contributed by atoms with Gasteiger partial charge in [-0.3, -0.25) is 0 Å². The second-order valence-corrected chi connectivity index (χ2v) is 7.65. The molecule has 0 bridgehead atoms. The number of thiazole rings is 1. The van der Waals surface area contributed by atoms with E-state index in [1.54, 1.807) is 11.3 Å². The van der Waals surface area contributed by atoms with Crippen molar-refractivity contribution in [3.63, 3.8) is 0 Å². The molecule has 1 atom stereocenters. The van der Waals surface area contributed by atoms with Crippen LogP contribution in [0, 0.1) is 3.57 Å². The molecule has 1 heterocycles. The molecule has 0 aliphatic rings. The number of halogens is 2. The number of aromatic nitrogens is 1. The summed E-state index contributed by atoms with van der Waals surface area (Å²) in [6, 6.07) is 16.8. The van der Waals surface area contributed by atoms with E-state index < -0.39 is 0 Å². The molecule has 0 aliphatic carbocycles. The summed E-state index contributed by atoms with van der Waals surface area (Å²) in [5.41, 5.74) is 2.44. The summed E-state index contributed by atoms with van der Waals surface area (Å²) in [4.78, 5) is 5.01. The van der Waals surface area contributed by atoms with Crippen LogP contribution in [0.4, 0.5) is 0 Å². The van der Waals surface area contributed by atoms with Crippen LogP contribution in [0.2, 0.25) is 0 Å². The largest absolute Gasteiger partial charge is 0.241 e. The van der Waals surface area contributed by atoms with E-state index in [0.29, 0.717) is 4.83 Å². The Hall–Kier alpha value is -0.460. The monoisotopic (exact) mass is 443 g/mol. The highest BCUT2D eigenvalue weighted by Crippen LogP contribution is 2.32. The molecule has 0 radical (unpaired) electrons. The van der Waals surface area contributed by atoms with E-state index in [1.165, 1.54) is 18.8 Å². The molecule has 0 saturated heterocycles. The summed E-state index contributed by atoms with van der Waals surface area (Å²) >= 11 is 7.96. The fourth-order valence-electron chi connectivity index (χ4n) is 2.00. The van der Waals surface area contributed by atoms with E-state index in [9.17, 15) is 0 Å². The Morgan fingerprint density at radius 2 is 1.84 bits per heavy atom. The zero-order valence-electron chi connectivity index (χ0n) is 10.0. The minimum Gasteiger partial charge on any atom is -0.241 e. The van der Waals surface area contributed by atoms with Crippen LogP contribution in [0.25, 0.3) is 10.2 Å². The molecule has 3 aromatic rings. The second kappa shape index (κ2) is 5.89. The van der Waals surface area contributed by atoms with Gasteiger partial charge >= 0.3 is 0 Å². The van der Waals surface area contributed by atoms with Gasteiger partial charge in [0.1, 0.15) is 0 Å². The molecule has 0 saturated carbocycles. The van der Waals surface area contributed by atoms with Crippen LogP contribution in [0.5, 0.6) is 0 Å². The predicted molar refractivity (Wildman–Crippen MR) is 94.2 cm³/mol. The maximum atomic E-state index is 4.69. The van der Waals surface area contributed by atoms with Gasteiger partial charge in [0.15, 0.2) is 0 Å². The summed E-state index contributed by atoms with van der Waals surface area (Å²) in [7, 11) is 0. The van der Waals surface area contributed by atoms with Crippen molar-refractivity contribution in [3.05, 3.63) is 62.7 Å². The average molecular weight is 444 g/mol. The average Bonchev–Trinajstić information content (AvgIpc) is 2.81. The molecule has 2 aromatic carbocycles. The normalized spacial score (nSPS) is 12.7. The number of alkyl halides is 1. The highest BCUT2D eigenvalue weighted by Gasteiger charge is 2.14. The summed E-state index contributed by atoms with van der Waals surface area (Å²) in [5.74, 6) is 0. The molecular weight excluding hydrogens is 433 g/mol. The number of hydrogen-bond acceptors (Lipinski definition) is 2. The Morgan fingerprint density at radius 3 is 2.63 bits per heavy atom. The Labute approximate surface area is 138 Å². The molecule has 0 spiro atoms. The van der Waals surface area contributed by atoms with Crippen molar-refractivity contribution in [3.8, 4) is 0 Å². The lowest BCUT2D eigenvalue weighted by Gasteiger charge is -2.10. The Kier molecular flexibility index (Phi) is 4.19. The molecule has 1 unspecified atom stereocenters. The third-order valence-corrected chi connectivity index (χ3v) is 5.79. The van der Waals surface area contributed by atoms with Crippen molar-refractivity contribution >= 4 is 60.1 Å². The maximum Gasteiger partial charge on any atom is 0.0953 e. The van der Waals surface area contributed by atoms with E-state index in [4.69, 9.17) is 4.98 Å². The van der Waals surface area contributed by atoms with Gasteiger partial charge < -0.3 is 0 Å². The van der Waals surface area contributed by atoms with Gasteiger partial charge in [0.25, 0.3) is 0 Å². The number of benzene rings is 2. The fourth-order valence-corrected chi connectivity index (χ4v) is 5.12. The lowest BCUT2D eigenvalue weighted by molar-refractivity contribution is 0.933. The number of para-hydroxylation sites is 1. The molecule has 0 fully saturated rings. The molecule has 0 amide bonds. The quantitative estimate of drug-likeness (QED) is 0.380. The van der Waals surface area contributed by atoms with Crippen molar-refractivity contribution in [2.45, 2.75) is 11.2 Å². The number of hydrogen-bond donors (Lipinski definition) is 0. The van der Waals surface area contributed by atoms with E-state index in [1.807, 2.05) is 6.07 Å². The minimum absolute atomic E-state index is 0.321. The van der Waals surface area contributed by atoms with E-state index in [2.05, 4.69) is 81.0 Å². The standard InChI is InChI=1S/C15H11BrINS/c16-11(10-5-1-2-6-12(10)17)9-15-18-13-7-3-4-8-14(13)19-15/h1-8,11H,9H2. The Balaban J connectivity index is 1.86. The van der Waals surface area contributed by atoms with Crippen LogP contribution >= 0.6 is 49.9 Å². The number of nitrogens with zero attached hydrogens (tertiary/aromatic N) is 1. The molecule has 4 heteroatoms. The van der Waals surface area contributed by atoms with Gasteiger partial charge in [-0.15, -0.1) is 11.3 Å². The van der Waals surface area contributed by atoms with Gasteiger partial charge in [-0.2, -0.15) is 0 Å². The van der Waals surface area contributed by atoms with Gasteiger partial charge in [0, 0.05) is 14.8 Å². The molecule has 96 valence electrons. The summed E-state index contributed by atoms with van der Waals surface area (Å²) < 4.78 is 2.56. The van der Waals surface area contributed by atoms with Gasteiger partial charge in [0.05, 0.1) is 15.2 Å². The van der Waals surface area contributed by atoms with Crippen LogP contribution in [-0.4, -0.2) is 4.98 Å². The third kappa shape index (κ3) is 3.01. The summed E-state index contributed by atoms with van der Waals surface area (Å²) in [6.07, 6.45) is 0.930. The van der Waals surface area contributed by atoms with Gasteiger partial charge in [-0.05, 0) is 46.4 Å². The first-order valence-electron chi connectivity index (χ1n) is 5.97. The van der Waals surface area contributed by atoms with Crippen molar-refractivity contribution < 1.29 is 0 Å². The maximum absolute atomic E-state index is 4.69. The van der Waals surface area contributed by atoms with Gasteiger partial charge in [-0.1, -0.05) is 46.3 Å². The SMILES string of the molecule is BrC(Cc1nc2ccccc2s1)c1ccccc1I. The molecule has 0 aliphatic heterocycles. The predicted octanol–water partition coefficient (Wildman–Crippen LogP) is 5.58. The lowest BCUT2D eigenvalue weighted by Crippen LogP contribution is -1.97. The molecule has 1 aromatic heterocycles. The van der Waals surface area contributed by atoms with E-state index >= 15 is 0 Å². The first kappa shape index (κ1) is 13.5. The van der Waals surface area contributed by atoms with Crippen molar-refractivity contribution in [1.29, 1.82) is 0 Å². The van der Waals surface area contributed by atoms with Gasteiger partial charge in [0.2, 0.25) is 0 Å². The topological polar surface area (TPSA) is 12.9 Å². The zero-order chi connectivity index (χ0) is 13.2. The third-order valence-electron chi connectivity index (χ3n) is 2.93. The van der Waals surface area contributed by atoms with Crippen LogP contribution < -0.4 is 0 Å². The minimum atomic E-state index is 0.321. The van der Waals surface area contributed by atoms with Crippen molar-refractivity contribution in [1.82, 2.24) is 4.98 Å². The van der Waals surface area contributed by atoms with E-state index in [-0.39, 0.29) is 0 Å². The highest BCUT2D eigenvalue weighted by atomic mass is 127. The molecule has 19 heavy (non-hydrogen) atoms. The summed E-state index contributed by atoms with van der Waals surface area (Å²) in [5, 5.41) is 1.18.